The molecule has 0 saturated heterocycles. The van der Waals surface area contributed by atoms with Crippen molar-refractivity contribution < 1.29 is 4.42 Å². The number of nitrogens with zero attached hydrogens (tertiary/aromatic N) is 4. The van der Waals surface area contributed by atoms with E-state index >= 15 is 0 Å². The third-order valence-electron chi connectivity index (χ3n) is 11.8. The average molecular weight is 761 g/mol. The molecule has 9 rings (SSSR count). The molecule has 58 heavy (non-hydrogen) atoms. The fraction of sp³-hybridized carbons (Fsp3) is 0.250. The van der Waals surface area contributed by atoms with Crippen molar-refractivity contribution in [2.24, 2.45) is 0 Å². The highest BCUT2D eigenvalue weighted by atomic mass is 16.4. The van der Waals surface area contributed by atoms with Crippen LogP contribution in [0, 0.1) is 6.92 Å². The molecular weight excluding hydrogens is 707 g/mol. The number of aromatic nitrogens is 1. The topological polar surface area (TPSA) is 35.8 Å². The van der Waals surface area contributed by atoms with Gasteiger partial charge in [-0.05, 0) is 123 Å². The largest absolute Gasteiger partial charge is 0.407 e. The van der Waals surface area contributed by atoms with Crippen LogP contribution in [-0.2, 0) is 16.2 Å². The number of fused-ring (bicyclic) bond motifs is 4. The van der Waals surface area contributed by atoms with E-state index in [2.05, 4.69) is 211 Å². The molecule has 290 valence electrons. The summed E-state index contributed by atoms with van der Waals surface area (Å²) in [5.74, 6) is 0.736. The molecule has 0 unspecified atom stereocenters. The average Bonchev–Trinajstić information content (AvgIpc) is 3.61. The molecule has 2 aliphatic rings. The van der Waals surface area contributed by atoms with Gasteiger partial charge in [-0.2, -0.15) is 0 Å². The van der Waals surface area contributed by atoms with E-state index in [4.69, 9.17) is 9.40 Å². The zero-order valence-corrected chi connectivity index (χ0v) is 35.6. The van der Waals surface area contributed by atoms with Crippen LogP contribution in [0.2, 0.25) is 0 Å². The number of para-hydroxylation sites is 2. The molecule has 0 aliphatic carbocycles. The van der Waals surface area contributed by atoms with Gasteiger partial charge in [-0.1, -0.05) is 135 Å². The Balaban J connectivity index is 1.35. The van der Waals surface area contributed by atoms with Crippen molar-refractivity contribution in [3.05, 3.63) is 162 Å². The van der Waals surface area contributed by atoms with Gasteiger partial charge in [-0.15, -0.1) is 0 Å². The molecule has 6 heteroatoms. The van der Waals surface area contributed by atoms with Gasteiger partial charge in [0.2, 0.25) is 5.88 Å². The van der Waals surface area contributed by atoms with Crippen LogP contribution in [0.5, 0.6) is 0 Å². The third-order valence-corrected chi connectivity index (χ3v) is 11.8. The Morgan fingerprint density at radius 1 is 0.517 bits per heavy atom. The Morgan fingerprint density at radius 3 is 1.48 bits per heavy atom. The van der Waals surface area contributed by atoms with Gasteiger partial charge >= 0.3 is 6.01 Å². The summed E-state index contributed by atoms with van der Waals surface area (Å²) in [5, 5.41) is 0. The van der Waals surface area contributed by atoms with E-state index in [0.29, 0.717) is 6.01 Å². The molecular formula is C52H53BN4O. The smallest absolute Gasteiger partial charge is 0.307 e. The van der Waals surface area contributed by atoms with Gasteiger partial charge in [0.05, 0.1) is 17.0 Å². The second-order valence-corrected chi connectivity index (χ2v) is 19.1. The van der Waals surface area contributed by atoms with Gasteiger partial charge in [0.25, 0.3) is 6.71 Å². The molecule has 0 atom stereocenters. The molecule has 7 aromatic rings. The Morgan fingerprint density at radius 2 is 0.983 bits per heavy atom. The van der Waals surface area contributed by atoms with Crippen molar-refractivity contribution in [2.75, 3.05) is 14.7 Å². The van der Waals surface area contributed by atoms with Crippen LogP contribution in [0.25, 0.3) is 0 Å². The van der Waals surface area contributed by atoms with Gasteiger partial charge in [0.1, 0.15) is 0 Å². The summed E-state index contributed by atoms with van der Waals surface area (Å²) >= 11 is 0. The van der Waals surface area contributed by atoms with Crippen LogP contribution in [0.1, 0.15) is 84.6 Å². The van der Waals surface area contributed by atoms with Gasteiger partial charge in [-0.3, -0.25) is 9.80 Å². The fourth-order valence-electron chi connectivity index (χ4n) is 8.60. The van der Waals surface area contributed by atoms with Gasteiger partial charge in [-0.25, -0.2) is 4.98 Å². The minimum Gasteiger partial charge on any atom is -0.407 e. The van der Waals surface area contributed by atoms with Gasteiger partial charge in [0.15, 0.2) is 0 Å². The van der Waals surface area contributed by atoms with E-state index in [1.807, 2.05) is 12.1 Å². The summed E-state index contributed by atoms with van der Waals surface area (Å²) in [6, 6.07) is 51.3. The molecule has 2 aliphatic heterocycles. The van der Waals surface area contributed by atoms with Crippen molar-refractivity contribution >= 4 is 74.9 Å². The van der Waals surface area contributed by atoms with Crippen LogP contribution in [-0.4, -0.2) is 11.7 Å². The van der Waals surface area contributed by atoms with Crippen LogP contribution in [0.3, 0.4) is 0 Å². The molecule has 0 bridgehead atoms. The maximum atomic E-state index is 7.23. The molecule has 0 spiro atoms. The summed E-state index contributed by atoms with van der Waals surface area (Å²) in [5.41, 5.74) is 16.0. The first-order chi connectivity index (χ1) is 27.6. The molecule has 5 nitrogen and oxygen atoms in total. The van der Waals surface area contributed by atoms with E-state index < -0.39 is 0 Å². The highest BCUT2D eigenvalue weighted by Crippen LogP contribution is 2.47. The molecule has 0 radical (unpaired) electrons. The zero-order chi connectivity index (χ0) is 40.7. The summed E-state index contributed by atoms with van der Waals surface area (Å²) in [6.07, 6.45) is 0. The number of aryl methyl sites for hydroxylation is 1. The van der Waals surface area contributed by atoms with Crippen LogP contribution in [0.4, 0.5) is 51.7 Å². The number of hydrogen-bond donors (Lipinski definition) is 0. The van der Waals surface area contributed by atoms with Crippen molar-refractivity contribution in [1.29, 1.82) is 0 Å². The Bertz CT molecular complexity index is 2590. The van der Waals surface area contributed by atoms with E-state index in [-0.39, 0.29) is 23.0 Å². The summed E-state index contributed by atoms with van der Waals surface area (Å²) in [4.78, 5) is 12.5. The minimum absolute atomic E-state index is 0.0158. The first-order valence-corrected chi connectivity index (χ1v) is 20.6. The Hall–Kier alpha value is -6.01. The highest BCUT2D eigenvalue weighted by Gasteiger charge is 2.47. The number of rotatable bonds is 5. The second-order valence-electron chi connectivity index (χ2n) is 19.1. The maximum absolute atomic E-state index is 7.23. The molecule has 0 fully saturated rings. The lowest BCUT2D eigenvalue weighted by Crippen LogP contribution is -2.62. The van der Waals surface area contributed by atoms with Crippen molar-refractivity contribution in [2.45, 2.75) is 85.5 Å². The second kappa shape index (κ2) is 13.5. The normalized spacial score (nSPS) is 13.6. The number of benzene rings is 6. The van der Waals surface area contributed by atoms with E-state index in [1.54, 1.807) is 0 Å². The summed E-state index contributed by atoms with van der Waals surface area (Å²) in [7, 11) is 0. The monoisotopic (exact) mass is 760 g/mol. The number of anilines is 9. The molecule has 0 saturated carbocycles. The summed E-state index contributed by atoms with van der Waals surface area (Å²) in [6.45, 7) is 22.5. The quantitative estimate of drug-likeness (QED) is 0.163. The number of oxazole rings is 1. The van der Waals surface area contributed by atoms with Crippen LogP contribution >= 0.6 is 0 Å². The predicted octanol–water partition coefficient (Wildman–Crippen LogP) is 12.4. The lowest BCUT2D eigenvalue weighted by atomic mass is 9.35. The molecule has 0 amide bonds. The molecule has 3 heterocycles. The highest BCUT2D eigenvalue weighted by molar-refractivity contribution is 6.99. The molecule has 1 aromatic heterocycles. The summed E-state index contributed by atoms with van der Waals surface area (Å²) < 4.78 is 7.23. The first-order valence-electron chi connectivity index (χ1n) is 20.6. The minimum atomic E-state index is -0.181. The Labute approximate surface area is 345 Å². The van der Waals surface area contributed by atoms with Crippen molar-refractivity contribution in [3.8, 4) is 0 Å². The number of hydrogen-bond acceptors (Lipinski definition) is 5. The van der Waals surface area contributed by atoms with Gasteiger partial charge < -0.3 is 9.32 Å². The maximum Gasteiger partial charge on any atom is 0.307 e. The first kappa shape index (κ1) is 37.6. The van der Waals surface area contributed by atoms with E-state index in [0.717, 1.165) is 51.3 Å². The molecule has 0 N–H and O–H groups in total. The third kappa shape index (κ3) is 6.39. The van der Waals surface area contributed by atoms with Crippen LogP contribution < -0.4 is 31.2 Å². The van der Waals surface area contributed by atoms with Crippen molar-refractivity contribution in [3.63, 3.8) is 0 Å². The van der Waals surface area contributed by atoms with Crippen LogP contribution in [0.15, 0.2) is 144 Å². The van der Waals surface area contributed by atoms with E-state index in [1.165, 1.54) is 33.2 Å². The molecule has 6 aromatic carbocycles. The standard InChI is InChI=1S/C52H53BN4O/c1-34-31-44-46-45(32-34)57(41-28-23-36(24-29-41)51(5,6)7)48-47(54-49(58-48)55(38-17-13-11-14-18-38)39-19-15-12-16-20-39)53(46)42-33-37(52(8,9)10)25-30-43(42)56(44)40-26-21-35(22-27-40)50(2,3)4/h11-33H,1-10H3. The van der Waals surface area contributed by atoms with Gasteiger partial charge in [0, 0.05) is 28.4 Å². The predicted molar refractivity (Wildman–Crippen MR) is 246 cm³/mol. The lowest BCUT2D eigenvalue weighted by molar-refractivity contribution is 0.572. The Kier molecular flexibility index (Phi) is 8.77. The lowest BCUT2D eigenvalue weighted by Gasteiger charge is -2.42. The van der Waals surface area contributed by atoms with E-state index in [9.17, 15) is 0 Å². The fourth-order valence-corrected chi connectivity index (χ4v) is 8.60. The SMILES string of the molecule is Cc1cc2c3c(c1)N(c1ccc(C(C)(C)C)cc1)c1oc(N(c4ccccc4)c4ccccc4)nc1B3c1cc(C(C)(C)C)ccc1N2c1ccc(C(C)(C)C)cc1. The zero-order valence-electron chi connectivity index (χ0n) is 35.6. The van der Waals surface area contributed by atoms with Crippen molar-refractivity contribution in [1.82, 2.24) is 4.98 Å².